The first kappa shape index (κ1) is 15.8. The van der Waals surface area contributed by atoms with Crippen LogP contribution in [0, 0.1) is 17.8 Å². The van der Waals surface area contributed by atoms with E-state index in [-0.39, 0.29) is 12.4 Å². The van der Waals surface area contributed by atoms with Gasteiger partial charge in [-0.2, -0.15) is 0 Å². The number of carbonyl (C=O) groups excluding carboxylic acids is 1. The lowest BCUT2D eigenvalue weighted by molar-refractivity contribution is -0.140. The van der Waals surface area contributed by atoms with E-state index >= 15 is 0 Å². The Balaban J connectivity index is 1.39. The fourth-order valence-electron chi connectivity index (χ4n) is 6.41. The lowest BCUT2D eigenvalue weighted by atomic mass is 9.52. The molecule has 0 saturated heterocycles. The monoisotopic (exact) mass is 365 g/mol. The summed E-state index contributed by atoms with van der Waals surface area (Å²) in [6.07, 6.45) is 12.3. The first-order valence-electron chi connectivity index (χ1n) is 10.0. The van der Waals surface area contributed by atoms with Crippen molar-refractivity contribution in [3.05, 3.63) is 29.1 Å². The molecule has 1 aliphatic heterocycles. The Bertz CT molecular complexity index is 890. The number of hydrogen-bond acceptors (Lipinski definition) is 6. The van der Waals surface area contributed by atoms with Crippen LogP contribution in [-0.2, 0) is 16.1 Å². The van der Waals surface area contributed by atoms with E-state index in [1.54, 1.807) is 0 Å². The average molecular weight is 365 g/mol. The number of aromatic nitrogens is 1. The third-order valence-electron chi connectivity index (χ3n) is 7.23. The maximum absolute atomic E-state index is 11.6. The van der Waals surface area contributed by atoms with Crippen molar-refractivity contribution < 1.29 is 14.7 Å². The number of nitrogens with one attached hydrogen (secondary N) is 1. The van der Waals surface area contributed by atoms with Crippen molar-refractivity contribution in [3.8, 4) is 0 Å². The standard InChI is InChI=1S/C21H23N3O3/c25-18-6-17(24-27-18)15-10-22-16-3-1-2-14(16)20(15)23-19-12-4-11-5-13(19)9-21(26,7-11)8-12/h1-2,10-13,19,26H,3-9H2,(H,22,23). The Morgan fingerprint density at radius 3 is 2.74 bits per heavy atom. The van der Waals surface area contributed by atoms with Crippen LogP contribution in [0.2, 0.25) is 0 Å². The van der Waals surface area contributed by atoms with Crippen LogP contribution in [-0.4, -0.2) is 33.4 Å². The number of anilines is 1. The fourth-order valence-corrected chi connectivity index (χ4v) is 6.41. The second-order valence-corrected chi connectivity index (χ2v) is 9.06. The van der Waals surface area contributed by atoms with E-state index < -0.39 is 5.60 Å². The minimum atomic E-state index is -0.437. The largest absolute Gasteiger partial charge is 0.390 e. The number of hydrogen-bond donors (Lipinski definition) is 2. The van der Waals surface area contributed by atoms with E-state index in [0.29, 0.717) is 29.5 Å². The number of rotatable bonds is 3. The van der Waals surface area contributed by atoms with Gasteiger partial charge in [-0.15, -0.1) is 0 Å². The molecule has 6 nitrogen and oxygen atoms in total. The Morgan fingerprint density at radius 2 is 2.04 bits per heavy atom. The van der Waals surface area contributed by atoms with Gasteiger partial charge in [0.15, 0.2) is 0 Å². The summed E-state index contributed by atoms with van der Waals surface area (Å²) in [4.78, 5) is 21.0. The van der Waals surface area contributed by atoms with Crippen LogP contribution in [0.4, 0.5) is 5.69 Å². The van der Waals surface area contributed by atoms with Crippen molar-refractivity contribution in [2.24, 2.45) is 22.9 Å². The van der Waals surface area contributed by atoms with Crippen LogP contribution >= 0.6 is 0 Å². The fraction of sp³-hybridized carbons (Fsp3) is 0.571. The maximum Gasteiger partial charge on any atom is 0.341 e. The Morgan fingerprint density at radius 1 is 1.22 bits per heavy atom. The van der Waals surface area contributed by atoms with Crippen molar-refractivity contribution in [2.45, 2.75) is 56.6 Å². The van der Waals surface area contributed by atoms with Crippen LogP contribution in [0.25, 0.3) is 6.08 Å². The number of pyridine rings is 1. The molecule has 2 unspecified atom stereocenters. The minimum Gasteiger partial charge on any atom is -0.390 e. The van der Waals surface area contributed by atoms with E-state index in [1.807, 2.05) is 6.20 Å². The molecular weight excluding hydrogens is 342 g/mol. The number of aliphatic hydroxyl groups is 1. The summed E-state index contributed by atoms with van der Waals surface area (Å²) >= 11 is 0. The van der Waals surface area contributed by atoms with Crippen molar-refractivity contribution >= 4 is 23.4 Å². The zero-order valence-electron chi connectivity index (χ0n) is 15.1. The van der Waals surface area contributed by atoms with Gasteiger partial charge < -0.3 is 15.3 Å². The highest BCUT2D eigenvalue weighted by molar-refractivity contribution is 6.14. The third-order valence-corrected chi connectivity index (χ3v) is 7.23. The van der Waals surface area contributed by atoms with Crippen LogP contribution in [0.5, 0.6) is 0 Å². The van der Waals surface area contributed by atoms with E-state index in [0.717, 1.165) is 48.2 Å². The Kier molecular flexibility index (Phi) is 3.17. The van der Waals surface area contributed by atoms with Gasteiger partial charge in [0.25, 0.3) is 0 Å². The molecule has 140 valence electrons. The smallest absolute Gasteiger partial charge is 0.341 e. The van der Waals surface area contributed by atoms with Crippen molar-refractivity contribution in [1.82, 2.24) is 4.98 Å². The second-order valence-electron chi connectivity index (χ2n) is 9.06. The molecule has 4 fully saturated rings. The Labute approximate surface area is 157 Å². The summed E-state index contributed by atoms with van der Waals surface area (Å²) in [6.45, 7) is 0. The van der Waals surface area contributed by atoms with E-state index in [9.17, 15) is 9.90 Å². The summed E-state index contributed by atoms with van der Waals surface area (Å²) in [6, 6.07) is 0.361. The molecule has 1 aromatic rings. The first-order valence-corrected chi connectivity index (χ1v) is 10.0. The molecular formula is C21H23N3O3. The van der Waals surface area contributed by atoms with Gasteiger partial charge in [-0.1, -0.05) is 17.3 Å². The molecule has 0 radical (unpaired) electrons. The van der Waals surface area contributed by atoms with Gasteiger partial charge in [0.05, 0.1) is 23.4 Å². The summed E-state index contributed by atoms with van der Waals surface area (Å²) in [5.74, 6) is 1.38. The number of fused-ring (bicyclic) bond motifs is 1. The Hall–Kier alpha value is -2.21. The molecule has 4 saturated carbocycles. The molecule has 27 heavy (non-hydrogen) atoms. The van der Waals surface area contributed by atoms with Gasteiger partial charge >= 0.3 is 5.97 Å². The maximum atomic E-state index is 11.6. The molecule has 1 aromatic heterocycles. The van der Waals surface area contributed by atoms with E-state index in [4.69, 9.17) is 4.84 Å². The van der Waals surface area contributed by atoms with Crippen molar-refractivity contribution in [1.29, 1.82) is 0 Å². The highest BCUT2D eigenvalue weighted by Gasteiger charge is 2.54. The second kappa shape index (κ2) is 5.41. The molecule has 6 aliphatic rings. The molecule has 5 aliphatic carbocycles. The molecule has 4 bridgehead atoms. The van der Waals surface area contributed by atoms with Crippen molar-refractivity contribution in [3.63, 3.8) is 0 Å². The summed E-state index contributed by atoms with van der Waals surface area (Å²) < 4.78 is 0. The minimum absolute atomic E-state index is 0.193. The van der Waals surface area contributed by atoms with Gasteiger partial charge in [0.2, 0.25) is 0 Å². The molecule has 0 amide bonds. The molecule has 2 heterocycles. The third kappa shape index (κ3) is 2.39. The molecule has 6 heteroatoms. The van der Waals surface area contributed by atoms with Gasteiger partial charge in [-0.3, -0.25) is 4.98 Å². The van der Waals surface area contributed by atoms with E-state index in [2.05, 4.69) is 27.6 Å². The predicted molar refractivity (Wildman–Crippen MR) is 100 cm³/mol. The lowest BCUT2D eigenvalue weighted by Crippen LogP contribution is -2.59. The highest BCUT2D eigenvalue weighted by Crippen LogP contribution is 2.56. The van der Waals surface area contributed by atoms with E-state index in [1.165, 1.54) is 12.8 Å². The van der Waals surface area contributed by atoms with Crippen LogP contribution in [0.15, 0.2) is 17.4 Å². The van der Waals surface area contributed by atoms with Crippen molar-refractivity contribution in [2.75, 3.05) is 5.32 Å². The molecule has 2 N–H and O–H groups in total. The summed E-state index contributed by atoms with van der Waals surface area (Å²) in [7, 11) is 0. The van der Waals surface area contributed by atoms with Gasteiger partial charge in [-0.05, 0) is 49.9 Å². The quantitative estimate of drug-likeness (QED) is 0.805. The summed E-state index contributed by atoms with van der Waals surface area (Å²) in [5.41, 5.74) is 4.30. The van der Waals surface area contributed by atoms with Gasteiger partial charge in [0, 0.05) is 29.8 Å². The normalized spacial score (nSPS) is 38.1. The predicted octanol–water partition coefficient (Wildman–Crippen LogP) is 2.65. The molecule has 0 aromatic carbocycles. The highest BCUT2D eigenvalue weighted by atomic mass is 16.7. The van der Waals surface area contributed by atoms with Crippen LogP contribution in [0.3, 0.4) is 0 Å². The average Bonchev–Trinajstić information content (AvgIpc) is 3.25. The number of nitrogens with zero attached hydrogens (tertiary/aromatic N) is 2. The van der Waals surface area contributed by atoms with Gasteiger partial charge in [-0.25, -0.2) is 4.79 Å². The van der Waals surface area contributed by atoms with Crippen LogP contribution in [0.1, 0.15) is 55.3 Å². The lowest BCUT2D eigenvalue weighted by Gasteiger charge is -2.58. The zero-order chi connectivity index (χ0) is 18.2. The SMILES string of the molecule is O=C1CC(c2cnc3c(c2NC2C4CC5CC2CC(O)(C5)C4)C=CC3)=NO1. The molecule has 7 rings (SSSR count). The molecule has 0 spiro atoms. The summed E-state index contributed by atoms with van der Waals surface area (Å²) in [5, 5.41) is 18.7. The number of allylic oxidation sites excluding steroid dienone is 1. The topological polar surface area (TPSA) is 83.8 Å². The van der Waals surface area contributed by atoms with Crippen LogP contribution < -0.4 is 5.32 Å². The number of oxime groups is 1. The molecule has 2 atom stereocenters. The van der Waals surface area contributed by atoms with Gasteiger partial charge in [0.1, 0.15) is 5.71 Å². The number of carbonyl (C=O) groups is 1. The zero-order valence-corrected chi connectivity index (χ0v) is 15.1. The first-order chi connectivity index (χ1) is 13.1.